The average molecular weight is 215 g/mol. The van der Waals surface area contributed by atoms with Gasteiger partial charge in [-0.1, -0.05) is 12.1 Å². The first-order chi connectivity index (χ1) is 7.78. The van der Waals surface area contributed by atoms with Gasteiger partial charge < -0.3 is 5.32 Å². The molecule has 0 unspecified atom stereocenters. The zero-order chi connectivity index (χ0) is 11.4. The molecule has 4 nitrogen and oxygen atoms in total. The van der Waals surface area contributed by atoms with E-state index in [-0.39, 0.29) is 5.91 Å². The number of hydrogen-bond donors (Lipinski definition) is 1. The third-order valence-electron chi connectivity index (χ3n) is 2.61. The van der Waals surface area contributed by atoms with Gasteiger partial charge in [0.25, 0.3) is 0 Å². The van der Waals surface area contributed by atoms with E-state index < -0.39 is 0 Å². The van der Waals surface area contributed by atoms with Gasteiger partial charge >= 0.3 is 0 Å². The van der Waals surface area contributed by atoms with Gasteiger partial charge in [0.1, 0.15) is 0 Å². The zero-order valence-corrected chi connectivity index (χ0v) is 8.94. The number of nitrogens with one attached hydrogen (secondary N) is 1. The monoisotopic (exact) mass is 215 g/mol. The molecule has 0 aliphatic carbocycles. The SMILES string of the molecule is N#Cc1ccc(CN2CCNC(=O)C2)cc1. The molecule has 1 N–H and O–H groups in total. The second-order valence-electron chi connectivity index (χ2n) is 3.87. The second kappa shape index (κ2) is 4.77. The molecule has 82 valence electrons. The summed E-state index contributed by atoms with van der Waals surface area (Å²) in [7, 11) is 0. The van der Waals surface area contributed by atoms with Crippen LogP contribution < -0.4 is 5.32 Å². The van der Waals surface area contributed by atoms with Crippen molar-refractivity contribution in [3.8, 4) is 6.07 Å². The normalized spacial score (nSPS) is 16.6. The maximum atomic E-state index is 11.2. The van der Waals surface area contributed by atoms with E-state index in [0.717, 1.165) is 25.2 Å². The Kier molecular flexibility index (Phi) is 3.18. The van der Waals surface area contributed by atoms with Gasteiger partial charge in [-0.15, -0.1) is 0 Å². The average Bonchev–Trinajstić information content (AvgIpc) is 2.30. The Balaban J connectivity index is 1.98. The molecule has 1 fully saturated rings. The molecule has 1 saturated heterocycles. The highest BCUT2D eigenvalue weighted by Gasteiger charge is 2.15. The summed E-state index contributed by atoms with van der Waals surface area (Å²) in [6.07, 6.45) is 0. The molecule has 0 bridgehead atoms. The molecule has 0 aromatic heterocycles. The molecular weight excluding hydrogens is 202 g/mol. The van der Waals surface area contributed by atoms with E-state index in [9.17, 15) is 4.79 Å². The number of carbonyl (C=O) groups is 1. The van der Waals surface area contributed by atoms with Gasteiger partial charge in [0.2, 0.25) is 5.91 Å². The summed E-state index contributed by atoms with van der Waals surface area (Å²) in [5.41, 5.74) is 1.80. The number of carbonyl (C=O) groups excluding carboxylic acids is 1. The predicted molar refractivity (Wildman–Crippen MR) is 59.4 cm³/mol. The molecule has 4 heteroatoms. The van der Waals surface area contributed by atoms with Gasteiger partial charge in [-0.3, -0.25) is 9.69 Å². The minimum Gasteiger partial charge on any atom is -0.354 e. The van der Waals surface area contributed by atoms with E-state index >= 15 is 0 Å². The molecule has 0 saturated carbocycles. The predicted octanol–water partition coefficient (Wildman–Crippen LogP) is 0.490. The van der Waals surface area contributed by atoms with E-state index in [1.807, 2.05) is 12.1 Å². The van der Waals surface area contributed by atoms with Crippen LogP contribution >= 0.6 is 0 Å². The lowest BCUT2D eigenvalue weighted by molar-refractivity contribution is -0.124. The first kappa shape index (κ1) is 10.7. The van der Waals surface area contributed by atoms with Crippen LogP contribution in [0.3, 0.4) is 0 Å². The number of benzene rings is 1. The topological polar surface area (TPSA) is 56.1 Å². The molecule has 1 aromatic rings. The molecule has 1 heterocycles. The van der Waals surface area contributed by atoms with Crippen LogP contribution in [0.25, 0.3) is 0 Å². The summed E-state index contributed by atoms with van der Waals surface area (Å²) in [5, 5.41) is 11.5. The van der Waals surface area contributed by atoms with E-state index in [0.29, 0.717) is 12.1 Å². The Hall–Kier alpha value is -1.86. The van der Waals surface area contributed by atoms with Crippen LogP contribution in [0.2, 0.25) is 0 Å². The van der Waals surface area contributed by atoms with Crippen LogP contribution in [-0.2, 0) is 11.3 Å². The molecule has 2 rings (SSSR count). The van der Waals surface area contributed by atoms with Crippen LogP contribution in [0.15, 0.2) is 24.3 Å². The number of piperazine rings is 1. The van der Waals surface area contributed by atoms with Crippen LogP contribution in [0.1, 0.15) is 11.1 Å². The van der Waals surface area contributed by atoms with Gasteiger partial charge in [0.15, 0.2) is 0 Å². The fraction of sp³-hybridized carbons (Fsp3) is 0.333. The third kappa shape index (κ3) is 2.59. The van der Waals surface area contributed by atoms with E-state index in [2.05, 4.69) is 16.3 Å². The summed E-state index contributed by atoms with van der Waals surface area (Å²) >= 11 is 0. The zero-order valence-electron chi connectivity index (χ0n) is 8.94. The highest BCUT2D eigenvalue weighted by molar-refractivity contribution is 5.78. The molecular formula is C12H13N3O. The quantitative estimate of drug-likeness (QED) is 0.781. The Morgan fingerprint density at radius 3 is 2.75 bits per heavy atom. The van der Waals surface area contributed by atoms with E-state index in [4.69, 9.17) is 5.26 Å². The van der Waals surface area contributed by atoms with Crippen LogP contribution in [0.4, 0.5) is 0 Å². The van der Waals surface area contributed by atoms with Crippen molar-refractivity contribution in [1.82, 2.24) is 10.2 Å². The summed E-state index contributed by atoms with van der Waals surface area (Å²) in [4.78, 5) is 13.3. The van der Waals surface area contributed by atoms with E-state index in [1.165, 1.54) is 0 Å². The van der Waals surface area contributed by atoms with E-state index in [1.54, 1.807) is 12.1 Å². The van der Waals surface area contributed by atoms with Gasteiger partial charge in [-0.25, -0.2) is 0 Å². The highest BCUT2D eigenvalue weighted by atomic mass is 16.2. The lowest BCUT2D eigenvalue weighted by Crippen LogP contribution is -2.47. The number of hydrogen-bond acceptors (Lipinski definition) is 3. The lowest BCUT2D eigenvalue weighted by atomic mass is 10.1. The fourth-order valence-corrected chi connectivity index (χ4v) is 1.77. The fourth-order valence-electron chi connectivity index (χ4n) is 1.77. The molecule has 1 aliphatic rings. The molecule has 1 aliphatic heterocycles. The first-order valence-corrected chi connectivity index (χ1v) is 5.26. The highest BCUT2D eigenvalue weighted by Crippen LogP contribution is 2.07. The van der Waals surface area contributed by atoms with Crippen molar-refractivity contribution in [2.75, 3.05) is 19.6 Å². The third-order valence-corrected chi connectivity index (χ3v) is 2.61. The summed E-state index contributed by atoms with van der Waals surface area (Å²) < 4.78 is 0. The number of rotatable bonds is 2. The van der Waals surface area contributed by atoms with Gasteiger partial charge in [-0.2, -0.15) is 5.26 Å². The largest absolute Gasteiger partial charge is 0.354 e. The van der Waals surface area contributed by atoms with Gasteiger partial charge in [0, 0.05) is 19.6 Å². The van der Waals surface area contributed by atoms with Crippen LogP contribution in [-0.4, -0.2) is 30.4 Å². The smallest absolute Gasteiger partial charge is 0.234 e. The lowest BCUT2D eigenvalue weighted by Gasteiger charge is -2.26. The molecule has 1 aromatic carbocycles. The molecule has 0 spiro atoms. The van der Waals surface area contributed by atoms with Crippen molar-refractivity contribution in [3.63, 3.8) is 0 Å². The summed E-state index contributed by atoms with van der Waals surface area (Å²) in [6, 6.07) is 9.57. The van der Waals surface area contributed by atoms with Crippen LogP contribution in [0, 0.1) is 11.3 Å². The Morgan fingerprint density at radius 2 is 2.12 bits per heavy atom. The van der Waals surface area contributed by atoms with Gasteiger partial charge in [-0.05, 0) is 17.7 Å². The molecule has 0 radical (unpaired) electrons. The second-order valence-corrected chi connectivity index (χ2v) is 3.87. The van der Waals surface area contributed by atoms with Crippen molar-refractivity contribution < 1.29 is 4.79 Å². The first-order valence-electron chi connectivity index (χ1n) is 5.26. The van der Waals surface area contributed by atoms with Gasteiger partial charge in [0.05, 0.1) is 18.2 Å². The van der Waals surface area contributed by atoms with Crippen molar-refractivity contribution in [2.45, 2.75) is 6.54 Å². The molecule has 16 heavy (non-hydrogen) atoms. The van der Waals surface area contributed by atoms with Crippen molar-refractivity contribution in [1.29, 1.82) is 5.26 Å². The van der Waals surface area contributed by atoms with Crippen molar-refractivity contribution in [2.24, 2.45) is 0 Å². The minimum atomic E-state index is 0.0832. The molecule has 0 atom stereocenters. The summed E-state index contributed by atoms with van der Waals surface area (Å²) in [6.45, 7) is 2.82. The van der Waals surface area contributed by atoms with Crippen LogP contribution in [0.5, 0.6) is 0 Å². The standard InChI is InChI=1S/C12H13N3O/c13-7-10-1-3-11(4-2-10)8-15-6-5-14-12(16)9-15/h1-4H,5-6,8-9H2,(H,14,16). The number of amides is 1. The minimum absolute atomic E-state index is 0.0832. The summed E-state index contributed by atoms with van der Waals surface area (Å²) in [5.74, 6) is 0.0832. The van der Waals surface area contributed by atoms with Crippen molar-refractivity contribution in [3.05, 3.63) is 35.4 Å². The number of nitrogens with zero attached hydrogens (tertiary/aromatic N) is 2. The Bertz CT molecular complexity index is 419. The van der Waals surface area contributed by atoms with Crippen molar-refractivity contribution >= 4 is 5.91 Å². The molecule has 1 amide bonds. The number of nitriles is 1. The maximum Gasteiger partial charge on any atom is 0.234 e. The maximum absolute atomic E-state index is 11.2. The Labute approximate surface area is 94.5 Å². The Morgan fingerprint density at radius 1 is 1.38 bits per heavy atom.